The molecular formula is C28H32FN5O6. The predicted molar refractivity (Wildman–Crippen MR) is 144 cm³/mol. The van der Waals surface area contributed by atoms with Crippen molar-refractivity contribution in [2.75, 3.05) is 62.2 Å². The minimum Gasteiger partial charge on any atom is -0.478 e. The van der Waals surface area contributed by atoms with Crippen LogP contribution in [0, 0.1) is 5.82 Å². The number of imide groups is 1. The van der Waals surface area contributed by atoms with Gasteiger partial charge in [0.25, 0.3) is 5.91 Å². The Labute approximate surface area is 230 Å². The molecule has 3 aliphatic heterocycles. The van der Waals surface area contributed by atoms with E-state index in [0.717, 1.165) is 31.9 Å². The van der Waals surface area contributed by atoms with Gasteiger partial charge in [0, 0.05) is 63.6 Å². The van der Waals surface area contributed by atoms with E-state index < -0.39 is 29.6 Å². The van der Waals surface area contributed by atoms with E-state index in [1.54, 1.807) is 18.2 Å². The zero-order valence-electron chi connectivity index (χ0n) is 22.0. The van der Waals surface area contributed by atoms with E-state index in [1.807, 2.05) is 12.1 Å². The number of carboxylic acid groups (broad SMARTS) is 1. The minimum absolute atomic E-state index is 0.0130. The van der Waals surface area contributed by atoms with Gasteiger partial charge in [-0.15, -0.1) is 0 Å². The number of carbonyl (C=O) groups is 4. The smallest absolute Gasteiger partial charge is 0.335 e. The second-order valence-electron chi connectivity index (χ2n) is 10.2. The number of carboxylic acids is 1. The number of carbonyl (C=O) groups excluding carboxylic acids is 3. The Balaban J connectivity index is 1.11. The largest absolute Gasteiger partial charge is 0.478 e. The molecule has 5 rings (SSSR count). The van der Waals surface area contributed by atoms with Crippen molar-refractivity contribution in [1.29, 1.82) is 0 Å². The van der Waals surface area contributed by atoms with Crippen LogP contribution in [-0.4, -0.2) is 98.3 Å². The van der Waals surface area contributed by atoms with E-state index in [0.29, 0.717) is 31.9 Å². The molecule has 2 atom stereocenters. The number of anilines is 2. The fraction of sp³-hybridized carbons (Fsp3) is 0.429. The van der Waals surface area contributed by atoms with E-state index in [9.17, 15) is 23.6 Å². The maximum Gasteiger partial charge on any atom is 0.335 e. The first-order valence-corrected chi connectivity index (χ1v) is 13.4. The molecule has 3 amide bonds. The standard InChI is InChI=1S/C28H32FN5O6/c29-23-15-20(5-6-22(23)26(36)30-24-7-8-25(35)31-27(24)37)33-11-9-32(10-12-33)16-21-17-34(13-14-40-21)19-3-1-18(2-4-19)28(38)39/h1-6,15,21,24H,7-14,16-17H2,(H,30,36)(H,38,39)(H,31,35,37)/t21-,24+/m1/s1. The molecule has 11 nitrogen and oxygen atoms in total. The van der Waals surface area contributed by atoms with Crippen LogP contribution in [0.1, 0.15) is 33.6 Å². The van der Waals surface area contributed by atoms with Crippen LogP contribution in [-0.2, 0) is 14.3 Å². The third kappa shape index (κ3) is 6.40. The highest BCUT2D eigenvalue weighted by Crippen LogP contribution is 2.23. The molecule has 0 aromatic heterocycles. The maximum atomic E-state index is 14.9. The number of piperazine rings is 1. The second-order valence-corrected chi connectivity index (χ2v) is 10.2. The van der Waals surface area contributed by atoms with Crippen LogP contribution in [0.3, 0.4) is 0 Å². The van der Waals surface area contributed by atoms with Gasteiger partial charge in [-0.2, -0.15) is 0 Å². The molecule has 0 saturated carbocycles. The van der Waals surface area contributed by atoms with Gasteiger partial charge in [0.15, 0.2) is 0 Å². The van der Waals surface area contributed by atoms with Crippen molar-refractivity contribution < 1.29 is 33.4 Å². The first-order valence-electron chi connectivity index (χ1n) is 13.4. The highest BCUT2D eigenvalue weighted by molar-refractivity contribution is 6.03. The summed E-state index contributed by atoms with van der Waals surface area (Å²) >= 11 is 0. The van der Waals surface area contributed by atoms with Gasteiger partial charge < -0.3 is 25.0 Å². The SMILES string of the molecule is O=C1CC[C@H](NC(=O)c2ccc(N3CCN(C[C@@H]4CN(c5ccc(C(=O)O)cc5)CCO4)CC3)cc2F)C(=O)N1. The number of rotatable bonds is 7. The van der Waals surface area contributed by atoms with Crippen molar-refractivity contribution in [3.63, 3.8) is 0 Å². The highest BCUT2D eigenvalue weighted by atomic mass is 19.1. The Hall–Kier alpha value is -4.03. The summed E-state index contributed by atoms with van der Waals surface area (Å²) in [5, 5.41) is 13.8. The van der Waals surface area contributed by atoms with Crippen LogP contribution in [0.25, 0.3) is 0 Å². The van der Waals surface area contributed by atoms with Crippen molar-refractivity contribution in [1.82, 2.24) is 15.5 Å². The van der Waals surface area contributed by atoms with Crippen LogP contribution in [0.5, 0.6) is 0 Å². The lowest BCUT2D eigenvalue weighted by molar-refractivity contribution is -0.134. The van der Waals surface area contributed by atoms with Crippen LogP contribution in [0.15, 0.2) is 42.5 Å². The Bertz CT molecular complexity index is 1280. The van der Waals surface area contributed by atoms with E-state index in [-0.39, 0.29) is 36.0 Å². The third-order valence-corrected chi connectivity index (χ3v) is 7.56. The number of nitrogens with zero attached hydrogens (tertiary/aromatic N) is 3. The summed E-state index contributed by atoms with van der Waals surface area (Å²) in [5.41, 5.74) is 1.76. The lowest BCUT2D eigenvalue weighted by atomic mass is 10.1. The molecule has 12 heteroatoms. The zero-order chi connectivity index (χ0) is 28.2. The van der Waals surface area contributed by atoms with Crippen molar-refractivity contribution >= 4 is 35.1 Å². The van der Waals surface area contributed by atoms with Crippen molar-refractivity contribution in [3.8, 4) is 0 Å². The Morgan fingerprint density at radius 1 is 1.00 bits per heavy atom. The molecule has 3 N–H and O–H groups in total. The number of hydrogen-bond donors (Lipinski definition) is 3. The van der Waals surface area contributed by atoms with Crippen molar-refractivity contribution in [3.05, 3.63) is 59.4 Å². The van der Waals surface area contributed by atoms with E-state index in [2.05, 4.69) is 25.3 Å². The van der Waals surface area contributed by atoms with E-state index in [1.165, 1.54) is 12.1 Å². The number of nitrogens with one attached hydrogen (secondary N) is 2. The summed E-state index contributed by atoms with van der Waals surface area (Å²) in [4.78, 5) is 53.5. The molecule has 212 valence electrons. The lowest BCUT2D eigenvalue weighted by Crippen LogP contribution is -2.52. The van der Waals surface area contributed by atoms with Crippen molar-refractivity contribution in [2.24, 2.45) is 0 Å². The Kier molecular flexibility index (Phi) is 8.27. The second kappa shape index (κ2) is 12.0. The molecule has 2 aromatic rings. The normalized spacial score (nSPS) is 22.1. The van der Waals surface area contributed by atoms with E-state index in [4.69, 9.17) is 9.84 Å². The number of morpholine rings is 1. The molecule has 0 radical (unpaired) electrons. The molecule has 3 fully saturated rings. The minimum atomic E-state index is -0.945. The molecule has 40 heavy (non-hydrogen) atoms. The van der Waals surface area contributed by atoms with Gasteiger partial charge in [-0.25, -0.2) is 9.18 Å². The number of halogens is 1. The summed E-state index contributed by atoms with van der Waals surface area (Å²) in [6, 6.07) is 10.5. The van der Waals surface area contributed by atoms with Gasteiger partial charge in [-0.05, 0) is 48.9 Å². The number of ether oxygens (including phenoxy) is 1. The molecular weight excluding hydrogens is 521 g/mol. The maximum absolute atomic E-state index is 14.9. The first kappa shape index (κ1) is 27.5. The predicted octanol–water partition coefficient (Wildman–Crippen LogP) is 1.09. The van der Waals surface area contributed by atoms with Crippen LogP contribution >= 0.6 is 0 Å². The molecule has 0 unspecified atom stereocenters. The monoisotopic (exact) mass is 553 g/mol. The van der Waals surface area contributed by atoms with Crippen LogP contribution in [0.4, 0.5) is 15.8 Å². The van der Waals surface area contributed by atoms with Crippen LogP contribution in [0.2, 0.25) is 0 Å². The average molecular weight is 554 g/mol. The number of amides is 3. The fourth-order valence-corrected chi connectivity index (χ4v) is 5.31. The molecule has 3 saturated heterocycles. The van der Waals surface area contributed by atoms with Crippen molar-refractivity contribution in [2.45, 2.75) is 25.0 Å². The number of aromatic carboxylic acids is 1. The molecule has 2 aromatic carbocycles. The first-order chi connectivity index (χ1) is 19.3. The molecule has 3 heterocycles. The molecule has 3 aliphatic rings. The summed E-state index contributed by atoms with van der Waals surface area (Å²) in [5.74, 6) is -3.27. The molecule has 0 spiro atoms. The topological polar surface area (TPSA) is 132 Å². The molecule has 0 bridgehead atoms. The quantitative estimate of drug-likeness (QED) is 0.431. The summed E-state index contributed by atoms with van der Waals surface area (Å²) in [6.07, 6.45) is 0.320. The van der Waals surface area contributed by atoms with Gasteiger partial charge in [-0.1, -0.05) is 0 Å². The van der Waals surface area contributed by atoms with Gasteiger partial charge >= 0.3 is 5.97 Å². The van der Waals surface area contributed by atoms with Gasteiger partial charge in [0.05, 0.1) is 23.8 Å². The molecule has 0 aliphatic carbocycles. The Morgan fingerprint density at radius 2 is 1.73 bits per heavy atom. The average Bonchev–Trinajstić information content (AvgIpc) is 2.95. The number of benzene rings is 2. The lowest BCUT2D eigenvalue weighted by Gasteiger charge is -2.40. The summed E-state index contributed by atoms with van der Waals surface area (Å²) in [6.45, 7) is 5.71. The fourth-order valence-electron chi connectivity index (χ4n) is 5.31. The van der Waals surface area contributed by atoms with Crippen LogP contribution < -0.4 is 20.4 Å². The zero-order valence-corrected chi connectivity index (χ0v) is 22.0. The van der Waals surface area contributed by atoms with Gasteiger partial charge in [0.1, 0.15) is 11.9 Å². The summed E-state index contributed by atoms with van der Waals surface area (Å²) in [7, 11) is 0. The third-order valence-electron chi connectivity index (χ3n) is 7.56. The number of hydrogen-bond acceptors (Lipinski definition) is 8. The highest BCUT2D eigenvalue weighted by Gasteiger charge is 2.29. The Morgan fingerprint density at radius 3 is 2.40 bits per heavy atom. The van der Waals surface area contributed by atoms with Gasteiger partial charge in [-0.3, -0.25) is 24.6 Å². The van der Waals surface area contributed by atoms with Gasteiger partial charge in [0.2, 0.25) is 11.8 Å². The summed E-state index contributed by atoms with van der Waals surface area (Å²) < 4.78 is 20.9. The van der Waals surface area contributed by atoms with E-state index >= 15 is 0 Å². The number of piperidine rings is 1.